The van der Waals surface area contributed by atoms with Gasteiger partial charge < -0.3 is 4.74 Å². The van der Waals surface area contributed by atoms with Gasteiger partial charge in [0.2, 0.25) is 0 Å². The van der Waals surface area contributed by atoms with Gasteiger partial charge >= 0.3 is 0 Å². The monoisotopic (exact) mass is 313 g/mol. The average Bonchev–Trinajstić information content (AvgIpc) is 2.48. The first-order valence-corrected chi connectivity index (χ1v) is 9.05. The quantitative estimate of drug-likeness (QED) is 0.626. The van der Waals surface area contributed by atoms with Gasteiger partial charge in [0.25, 0.3) is 0 Å². The summed E-state index contributed by atoms with van der Waals surface area (Å²) in [6.07, 6.45) is 7.87. The number of ether oxygens (including phenoxy) is 1. The molecule has 0 bridgehead atoms. The second-order valence-corrected chi connectivity index (χ2v) is 7.97. The van der Waals surface area contributed by atoms with E-state index >= 15 is 0 Å². The lowest BCUT2D eigenvalue weighted by molar-refractivity contribution is 0.268. The highest BCUT2D eigenvalue weighted by Crippen LogP contribution is 2.38. The molecule has 1 fully saturated rings. The molecule has 0 aromatic carbocycles. The summed E-state index contributed by atoms with van der Waals surface area (Å²) in [6.45, 7) is 0. The lowest BCUT2D eigenvalue weighted by Crippen LogP contribution is -2.38. The molecule has 1 aromatic heterocycles. The van der Waals surface area contributed by atoms with Gasteiger partial charge in [-0.2, -0.15) is 0 Å². The third kappa shape index (κ3) is 3.72. The van der Waals surface area contributed by atoms with Crippen molar-refractivity contribution in [1.82, 2.24) is 10.4 Å². The van der Waals surface area contributed by atoms with Gasteiger partial charge in [0, 0.05) is 18.0 Å². The molecule has 1 saturated carbocycles. The minimum absolute atomic E-state index is 0.132. The molecule has 0 saturated heterocycles. The van der Waals surface area contributed by atoms with Crippen LogP contribution in [0.5, 0.6) is 5.75 Å². The van der Waals surface area contributed by atoms with Crippen molar-refractivity contribution in [2.45, 2.75) is 37.0 Å². The SMILES string of the molecule is COc1cnccc1C(NN)C1CCCC(S(C)(=O)=O)C1. The van der Waals surface area contributed by atoms with Crippen LogP contribution in [-0.4, -0.2) is 32.0 Å². The maximum atomic E-state index is 11.8. The Hall–Kier alpha value is -1.18. The summed E-state index contributed by atoms with van der Waals surface area (Å²) < 4.78 is 29.0. The number of rotatable bonds is 5. The molecule has 1 heterocycles. The van der Waals surface area contributed by atoms with E-state index in [1.807, 2.05) is 6.07 Å². The van der Waals surface area contributed by atoms with Gasteiger partial charge in [0.15, 0.2) is 0 Å². The summed E-state index contributed by atoms with van der Waals surface area (Å²) in [5, 5.41) is -0.278. The Bertz CT molecular complexity index is 577. The van der Waals surface area contributed by atoms with Crippen LogP contribution < -0.4 is 16.0 Å². The van der Waals surface area contributed by atoms with Gasteiger partial charge in [-0.05, 0) is 31.2 Å². The zero-order chi connectivity index (χ0) is 15.5. The first-order chi connectivity index (χ1) is 9.97. The molecule has 0 amide bonds. The van der Waals surface area contributed by atoms with Crippen LogP contribution in [0.4, 0.5) is 0 Å². The van der Waals surface area contributed by atoms with E-state index in [-0.39, 0.29) is 17.2 Å². The fraction of sp³-hybridized carbons (Fsp3) is 0.643. The maximum absolute atomic E-state index is 11.8. The van der Waals surface area contributed by atoms with Crippen LogP contribution in [0, 0.1) is 5.92 Å². The first kappa shape index (κ1) is 16.2. The lowest BCUT2D eigenvalue weighted by Gasteiger charge is -2.34. The molecular weight excluding hydrogens is 290 g/mol. The normalized spacial score (nSPS) is 24.5. The van der Waals surface area contributed by atoms with Crippen LogP contribution >= 0.6 is 0 Å². The predicted molar refractivity (Wildman–Crippen MR) is 81.4 cm³/mol. The molecule has 1 aliphatic carbocycles. The Labute approximate surface area is 126 Å². The van der Waals surface area contributed by atoms with Crippen molar-refractivity contribution in [3.63, 3.8) is 0 Å². The molecular formula is C14H23N3O3S. The highest BCUT2D eigenvalue weighted by Gasteiger charge is 2.34. The fourth-order valence-electron chi connectivity index (χ4n) is 3.17. The van der Waals surface area contributed by atoms with Gasteiger partial charge in [-0.1, -0.05) is 6.42 Å². The van der Waals surface area contributed by atoms with Gasteiger partial charge in [-0.25, -0.2) is 8.42 Å². The molecule has 2 rings (SSSR count). The van der Waals surface area contributed by atoms with Gasteiger partial charge in [0.05, 0.1) is 24.6 Å². The van der Waals surface area contributed by atoms with Crippen molar-refractivity contribution in [3.05, 3.63) is 24.0 Å². The van der Waals surface area contributed by atoms with E-state index in [1.54, 1.807) is 19.5 Å². The van der Waals surface area contributed by atoms with E-state index in [9.17, 15) is 8.42 Å². The van der Waals surface area contributed by atoms with Crippen molar-refractivity contribution in [3.8, 4) is 5.75 Å². The Kier molecular flexibility index (Phi) is 5.18. The first-order valence-electron chi connectivity index (χ1n) is 7.10. The Morgan fingerprint density at radius 2 is 2.24 bits per heavy atom. The van der Waals surface area contributed by atoms with E-state index in [4.69, 9.17) is 10.6 Å². The number of hydrazine groups is 1. The summed E-state index contributed by atoms with van der Waals surface area (Å²) in [5.74, 6) is 6.57. The van der Waals surface area contributed by atoms with Crippen LogP contribution in [0.15, 0.2) is 18.5 Å². The Morgan fingerprint density at radius 1 is 1.48 bits per heavy atom. The summed E-state index contributed by atoms with van der Waals surface area (Å²) in [5.41, 5.74) is 3.76. The second kappa shape index (κ2) is 6.72. The van der Waals surface area contributed by atoms with E-state index in [0.717, 1.165) is 24.8 Å². The standard InChI is InChI=1S/C14H23N3O3S/c1-20-13-9-16-7-6-12(13)14(17-15)10-4-3-5-11(8-10)21(2,18)19/h6-7,9-11,14,17H,3-5,8,15H2,1-2H3. The van der Waals surface area contributed by atoms with Crippen molar-refractivity contribution in [1.29, 1.82) is 0 Å². The van der Waals surface area contributed by atoms with Crippen molar-refractivity contribution < 1.29 is 13.2 Å². The number of hydrogen-bond acceptors (Lipinski definition) is 6. The van der Waals surface area contributed by atoms with E-state index < -0.39 is 9.84 Å². The number of nitrogens with one attached hydrogen (secondary N) is 1. The van der Waals surface area contributed by atoms with Gasteiger partial charge in [0.1, 0.15) is 15.6 Å². The van der Waals surface area contributed by atoms with Crippen molar-refractivity contribution >= 4 is 9.84 Å². The average molecular weight is 313 g/mol. The summed E-state index contributed by atoms with van der Waals surface area (Å²) >= 11 is 0. The molecule has 7 heteroatoms. The Morgan fingerprint density at radius 3 is 2.86 bits per heavy atom. The summed E-state index contributed by atoms with van der Waals surface area (Å²) in [7, 11) is -1.42. The van der Waals surface area contributed by atoms with E-state index in [1.165, 1.54) is 6.26 Å². The van der Waals surface area contributed by atoms with Crippen LogP contribution in [0.2, 0.25) is 0 Å². The highest BCUT2D eigenvalue weighted by atomic mass is 32.2. The number of methoxy groups -OCH3 is 1. The molecule has 0 spiro atoms. The van der Waals surface area contributed by atoms with Crippen LogP contribution in [0.25, 0.3) is 0 Å². The highest BCUT2D eigenvalue weighted by molar-refractivity contribution is 7.91. The number of pyridine rings is 1. The minimum atomic E-state index is -3.01. The van der Waals surface area contributed by atoms with Gasteiger partial charge in [-0.15, -0.1) is 0 Å². The van der Waals surface area contributed by atoms with E-state index in [2.05, 4.69) is 10.4 Å². The van der Waals surface area contributed by atoms with Crippen LogP contribution in [0.1, 0.15) is 37.3 Å². The largest absolute Gasteiger partial charge is 0.495 e. The summed E-state index contributed by atoms with van der Waals surface area (Å²) in [6, 6.07) is 1.74. The molecule has 118 valence electrons. The Balaban J connectivity index is 2.25. The van der Waals surface area contributed by atoms with Crippen LogP contribution in [-0.2, 0) is 9.84 Å². The van der Waals surface area contributed by atoms with E-state index in [0.29, 0.717) is 12.2 Å². The zero-order valence-electron chi connectivity index (χ0n) is 12.5. The predicted octanol–water partition coefficient (Wildman–Crippen LogP) is 1.20. The smallest absolute Gasteiger partial charge is 0.150 e. The number of aromatic nitrogens is 1. The van der Waals surface area contributed by atoms with Crippen LogP contribution in [0.3, 0.4) is 0 Å². The summed E-state index contributed by atoms with van der Waals surface area (Å²) in [4.78, 5) is 4.04. The molecule has 0 aliphatic heterocycles. The van der Waals surface area contributed by atoms with Gasteiger partial charge in [-0.3, -0.25) is 16.3 Å². The number of sulfone groups is 1. The molecule has 1 aromatic rings. The molecule has 0 radical (unpaired) electrons. The molecule has 3 atom stereocenters. The molecule has 3 N–H and O–H groups in total. The molecule has 1 aliphatic rings. The third-order valence-corrected chi connectivity index (χ3v) is 5.93. The third-order valence-electron chi connectivity index (χ3n) is 4.29. The fourth-order valence-corrected chi connectivity index (χ4v) is 4.36. The second-order valence-electron chi connectivity index (χ2n) is 5.64. The maximum Gasteiger partial charge on any atom is 0.150 e. The number of nitrogens with two attached hydrogens (primary N) is 1. The molecule has 6 nitrogen and oxygen atoms in total. The number of nitrogens with zero attached hydrogens (tertiary/aromatic N) is 1. The zero-order valence-corrected chi connectivity index (χ0v) is 13.3. The molecule has 21 heavy (non-hydrogen) atoms. The van der Waals surface area contributed by atoms with Crippen molar-refractivity contribution in [2.75, 3.05) is 13.4 Å². The number of hydrogen-bond donors (Lipinski definition) is 2. The topological polar surface area (TPSA) is 94.3 Å². The molecule has 3 unspecified atom stereocenters. The lowest BCUT2D eigenvalue weighted by atomic mass is 9.81. The minimum Gasteiger partial charge on any atom is -0.495 e. The van der Waals surface area contributed by atoms with Crippen molar-refractivity contribution in [2.24, 2.45) is 11.8 Å².